The van der Waals surface area contributed by atoms with Gasteiger partial charge >= 0.3 is 0 Å². The van der Waals surface area contributed by atoms with E-state index in [1.54, 1.807) is 4.68 Å². The molecule has 2 aromatic rings. The van der Waals surface area contributed by atoms with Gasteiger partial charge < -0.3 is 10.0 Å². The number of anilines is 1. The summed E-state index contributed by atoms with van der Waals surface area (Å²) >= 11 is 0. The second kappa shape index (κ2) is 6.04. The lowest BCUT2D eigenvalue weighted by Gasteiger charge is -2.34. The van der Waals surface area contributed by atoms with Crippen LogP contribution >= 0.6 is 0 Å². The third-order valence-corrected chi connectivity index (χ3v) is 4.33. The molecule has 22 heavy (non-hydrogen) atoms. The summed E-state index contributed by atoms with van der Waals surface area (Å²) in [6, 6.07) is 5.96. The Kier molecular flexibility index (Phi) is 4.11. The van der Waals surface area contributed by atoms with E-state index >= 15 is 0 Å². The summed E-state index contributed by atoms with van der Waals surface area (Å²) in [5, 5.41) is 22.9. The van der Waals surface area contributed by atoms with Crippen molar-refractivity contribution in [2.24, 2.45) is 5.92 Å². The summed E-state index contributed by atoms with van der Waals surface area (Å²) in [5.41, 5.74) is 2.02. The van der Waals surface area contributed by atoms with E-state index in [-0.39, 0.29) is 6.10 Å². The van der Waals surface area contributed by atoms with Crippen LogP contribution in [0.1, 0.15) is 31.2 Å². The molecule has 0 amide bonds. The molecule has 0 spiro atoms. The van der Waals surface area contributed by atoms with Crippen molar-refractivity contribution in [1.82, 2.24) is 20.0 Å². The summed E-state index contributed by atoms with van der Waals surface area (Å²) in [6.45, 7) is 7.65. The summed E-state index contributed by atoms with van der Waals surface area (Å²) in [4.78, 5) is 2.21. The Morgan fingerprint density at radius 2 is 1.95 bits per heavy atom. The molecule has 3 heterocycles. The summed E-state index contributed by atoms with van der Waals surface area (Å²) < 4.78 is 1.81. The van der Waals surface area contributed by atoms with Crippen molar-refractivity contribution in [3.05, 3.63) is 29.6 Å². The van der Waals surface area contributed by atoms with Gasteiger partial charge in [0.05, 0.1) is 11.8 Å². The van der Waals surface area contributed by atoms with Crippen molar-refractivity contribution < 1.29 is 5.11 Å². The first-order chi connectivity index (χ1) is 10.5. The molecule has 3 rings (SSSR count). The Morgan fingerprint density at radius 1 is 1.23 bits per heavy atom. The van der Waals surface area contributed by atoms with E-state index in [2.05, 4.69) is 20.2 Å². The monoisotopic (exact) mass is 301 g/mol. The van der Waals surface area contributed by atoms with Crippen LogP contribution in [0.25, 0.3) is 5.82 Å². The fourth-order valence-corrected chi connectivity index (χ4v) is 3.07. The van der Waals surface area contributed by atoms with Crippen molar-refractivity contribution in [3.8, 4) is 5.82 Å². The van der Waals surface area contributed by atoms with Gasteiger partial charge in [-0.25, -0.2) is 4.68 Å². The zero-order chi connectivity index (χ0) is 15.7. The number of aliphatic hydroxyl groups is 1. The molecule has 118 valence electrons. The number of hydrogen-bond acceptors (Lipinski definition) is 5. The lowest BCUT2D eigenvalue weighted by Crippen LogP contribution is -2.40. The van der Waals surface area contributed by atoms with Gasteiger partial charge in [0.2, 0.25) is 0 Å². The number of aliphatic hydroxyl groups excluding tert-OH is 1. The number of rotatable bonds is 3. The van der Waals surface area contributed by atoms with Gasteiger partial charge in [0.1, 0.15) is 0 Å². The van der Waals surface area contributed by atoms with Crippen LogP contribution in [0.5, 0.6) is 0 Å². The zero-order valence-corrected chi connectivity index (χ0v) is 13.4. The fraction of sp³-hybridized carbons (Fsp3) is 0.562. The van der Waals surface area contributed by atoms with E-state index in [1.165, 1.54) is 0 Å². The van der Waals surface area contributed by atoms with Crippen molar-refractivity contribution in [1.29, 1.82) is 0 Å². The summed E-state index contributed by atoms with van der Waals surface area (Å²) in [7, 11) is 0. The first kappa shape index (κ1) is 15.0. The molecule has 6 nitrogen and oxygen atoms in total. The number of piperidine rings is 1. The highest BCUT2D eigenvalue weighted by molar-refractivity contribution is 5.40. The maximum Gasteiger partial charge on any atom is 0.176 e. The van der Waals surface area contributed by atoms with Crippen molar-refractivity contribution in [2.75, 3.05) is 18.0 Å². The molecule has 1 aliphatic rings. The molecule has 0 saturated carbocycles. The summed E-state index contributed by atoms with van der Waals surface area (Å²) in [5.74, 6) is 1.92. The van der Waals surface area contributed by atoms with Gasteiger partial charge in [-0.3, -0.25) is 0 Å². The van der Waals surface area contributed by atoms with E-state index in [0.717, 1.165) is 49.0 Å². The van der Waals surface area contributed by atoms with E-state index in [4.69, 9.17) is 0 Å². The smallest absolute Gasteiger partial charge is 0.176 e. The minimum Gasteiger partial charge on any atom is -0.393 e. The summed E-state index contributed by atoms with van der Waals surface area (Å²) in [6.07, 6.45) is 1.88. The molecule has 1 aliphatic heterocycles. The molecular formula is C16H23N5O. The van der Waals surface area contributed by atoms with Crippen LogP contribution in [0, 0.1) is 19.8 Å². The van der Waals surface area contributed by atoms with Crippen LogP contribution in [-0.2, 0) is 0 Å². The normalized spacial score (nSPS) is 20.2. The van der Waals surface area contributed by atoms with Crippen LogP contribution in [0.3, 0.4) is 0 Å². The van der Waals surface area contributed by atoms with Crippen LogP contribution in [-0.4, -0.2) is 44.3 Å². The van der Waals surface area contributed by atoms with Crippen molar-refractivity contribution in [2.45, 2.75) is 39.7 Å². The highest BCUT2D eigenvalue weighted by Gasteiger charge is 2.24. The highest BCUT2D eigenvalue weighted by Crippen LogP contribution is 2.23. The Morgan fingerprint density at radius 3 is 2.55 bits per heavy atom. The molecular weight excluding hydrogens is 278 g/mol. The first-order valence-electron chi connectivity index (χ1n) is 7.85. The van der Waals surface area contributed by atoms with Gasteiger partial charge in [0.15, 0.2) is 11.6 Å². The number of hydrogen-bond donors (Lipinski definition) is 1. The second-order valence-corrected chi connectivity index (χ2v) is 6.18. The Balaban J connectivity index is 1.78. The topological polar surface area (TPSA) is 67.1 Å². The molecule has 0 radical (unpaired) electrons. The van der Waals surface area contributed by atoms with E-state index < -0.39 is 0 Å². The number of aryl methyl sites for hydroxylation is 2. The molecule has 0 aromatic carbocycles. The molecule has 2 unspecified atom stereocenters. The molecule has 0 bridgehead atoms. The van der Waals surface area contributed by atoms with E-state index in [9.17, 15) is 5.11 Å². The van der Waals surface area contributed by atoms with Crippen LogP contribution < -0.4 is 4.90 Å². The molecule has 1 N–H and O–H groups in total. The van der Waals surface area contributed by atoms with Crippen molar-refractivity contribution in [3.63, 3.8) is 0 Å². The van der Waals surface area contributed by atoms with Crippen LogP contribution in [0.15, 0.2) is 18.2 Å². The second-order valence-electron chi connectivity index (χ2n) is 6.18. The maximum absolute atomic E-state index is 9.79. The molecule has 2 aromatic heterocycles. The minimum absolute atomic E-state index is 0.273. The van der Waals surface area contributed by atoms with Gasteiger partial charge in [0, 0.05) is 24.7 Å². The van der Waals surface area contributed by atoms with E-state index in [0.29, 0.717) is 5.92 Å². The Labute approximate surface area is 130 Å². The predicted molar refractivity (Wildman–Crippen MR) is 85.2 cm³/mol. The minimum atomic E-state index is -0.273. The average Bonchev–Trinajstić information content (AvgIpc) is 2.86. The predicted octanol–water partition coefficient (Wildman–Crippen LogP) is 1.88. The third-order valence-electron chi connectivity index (χ3n) is 4.33. The highest BCUT2D eigenvalue weighted by atomic mass is 16.3. The molecule has 2 atom stereocenters. The third kappa shape index (κ3) is 2.97. The SMILES string of the molecule is Cc1cc(C)n(-c2ccc(N3CCCC(C(C)O)C3)nn2)n1. The number of aromatic nitrogens is 4. The largest absolute Gasteiger partial charge is 0.393 e. The van der Waals surface area contributed by atoms with Gasteiger partial charge in [-0.1, -0.05) is 0 Å². The van der Waals surface area contributed by atoms with Crippen LogP contribution in [0.2, 0.25) is 0 Å². The lowest BCUT2D eigenvalue weighted by atomic mass is 9.93. The zero-order valence-electron chi connectivity index (χ0n) is 13.4. The van der Waals surface area contributed by atoms with Gasteiger partial charge in [-0.05, 0) is 51.8 Å². The first-order valence-corrected chi connectivity index (χ1v) is 7.85. The van der Waals surface area contributed by atoms with Gasteiger partial charge in [0.25, 0.3) is 0 Å². The Hall–Kier alpha value is -1.95. The molecule has 6 heteroatoms. The van der Waals surface area contributed by atoms with Gasteiger partial charge in [-0.15, -0.1) is 10.2 Å². The molecule has 0 aliphatic carbocycles. The standard InChI is InChI=1S/C16H23N5O/c1-11-9-12(2)21(19-11)16-7-6-15(17-18-16)20-8-4-5-14(10-20)13(3)22/h6-7,9,13-14,22H,4-5,8,10H2,1-3H3. The lowest BCUT2D eigenvalue weighted by molar-refractivity contribution is 0.115. The van der Waals surface area contributed by atoms with Crippen molar-refractivity contribution >= 4 is 5.82 Å². The number of nitrogens with zero attached hydrogens (tertiary/aromatic N) is 5. The molecule has 1 fully saturated rings. The average molecular weight is 301 g/mol. The fourth-order valence-electron chi connectivity index (χ4n) is 3.07. The van der Waals surface area contributed by atoms with Gasteiger partial charge in [-0.2, -0.15) is 5.10 Å². The maximum atomic E-state index is 9.79. The quantitative estimate of drug-likeness (QED) is 0.937. The van der Waals surface area contributed by atoms with E-state index in [1.807, 2.05) is 39.0 Å². The molecule has 1 saturated heterocycles. The van der Waals surface area contributed by atoms with Crippen LogP contribution in [0.4, 0.5) is 5.82 Å². The Bertz CT molecular complexity index is 634.